The molecule has 1 heterocycles. The Bertz CT molecular complexity index is 545. The molecule has 0 unspecified atom stereocenters. The fraction of sp³-hybridized carbons (Fsp3) is 0.429. The molecule has 0 bridgehead atoms. The summed E-state index contributed by atoms with van der Waals surface area (Å²) >= 11 is 0. The molecule has 0 saturated heterocycles. The van der Waals surface area contributed by atoms with Gasteiger partial charge in [0.1, 0.15) is 6.33 Å². The minimum absolute atomic E-state index is 0.0530. The van der Waals surface area contributed by atoms with Crippen LogP contribution in [0.4, 0.5) is 17.3 Å². The summed E-state index contributed by atoms with van der Waals surface area (Å²) in [7, 11) is -3.29. The second-order valence-electron chi connectivity index (χ2n) is 3.31. The summed E-state index contributed by atoms with van der Waals surface area (Å²) in [6.07, 6.45) is 2.09. The second kappa shape index (κ2) is 5.55. The van der Waals surface area contributed by atoms with E-state index in [0.717, 1.165) is 12.6 Å². The van der Waals surface area contributed by atoms with Crippen molar-refractivity contribution in [1.82, 2.24) is 14.7 Å². The van der Waals surface area contributed by atoms with Gasteiger partial charge in [-0.2, -0.15) is 0 Å². The molecule has 10 nitrogen and oxygen atoms in total. The standard InChI is InChI=1S/C7H12N6O4S/c1-18(16,17)12-3-2-9-7-5(13(14)15)6(8)10-4-11-7/h4,12H,2-3H2,1H3,(H3,8,9,10,11). The van der Waals surface area contributed by atoms with Gasteiger partial charge >= 0.3 is 5.69 Å². The van der Waals surface area contributed by atoms with E-state index in [-0.39, 0.29) is 24.7 Å². The monoisotopic (exact) mass is 276 g/mol. The third-order valence-corrected chi connectivity index (χ3v) is 2.54. The first-order chi connectivity index (χ1) is 8.31. The molecule has 4 N–H and O–H groups in total. The molecular formula is C7H12N6O4S. The van der Waals surface area contributed by atoms with Crippen molar-refractivity contribution < 1.29 is 13.3 Å². The van der Waals surface area contributed by atoms with Gasteiger partial charge < -0.3 is 11.1 Å². The highest BCUT2D eigenvalue weighted by atomic mass is 32.2. The topological polar surface area (TPSA) is 153 Å². The molecule has 100 valence electrons. The molecule has 11 heteroatoms. The third kappa shape index (κ3) is 4.10. The van der Waals surface area contributed by atoms with Gasteiger partial charge in [-0.05, 0) is 0 Å². The lowest BCUT2D eigenvalue weighted by Gasteiger charge is -2.06. The van der Waals surface area contributed by atoms with E-state index in [9.17, 15) is 18.5 Å². The molecule has 0 saturated carbocycles. The van der Waals surface area contributed by atoms with Crippen molar-refractivity contribution >= 4 is 27.3 Å². The number of hydrogen-bond donors (Lipinski definition) is 3. The minimum Gasteiger partial charge on any atom is -0.378 e. The van der Waals surface area contributed by atoms with E-state index in [1.54, 1.807) is 0 Å². The van der Waals surface area contributed by atoms with Crippen LogP contribution in [0.5, 0.6) is 0 Å². The van der Waals surface area contributed by atoms with E-state index in [0.29, 0.717) is 0 Å². The molecule has 0 aliphatic heterocycles. The molecule has 0 aromatic carbocycles. The molecule has 18 heavy (non-hydrogen) atoms. The predicted octanol–water partition coefficient (Wildman–Crippen LogP) is -1.07. The van der Waals surface area contributed by atoms with Gasteiger partial charge in [0.2, 0.25) is 21.7 Å². The molecule has 0 atom stereocenters. The zero-order chi connectivity index (χ0) is 13.8. The Morgan fingerprint density at radius 2 is 2.11 bits per heavy atom. The Kier molecular flexibility index (Phi) is 4.33. The number of nitrogen functional groups attached to an aromatic ring is 1. The van der Waals surface area contributed by atoms with Gasteiger partial charge in [0, 0.05) is 13.1 Å². The molecule has 1 aromatic heterocycles. The van der Waals surface area contributed by atoms with Crippen LogP contribution in [0.25, 0.3) is 0 Å². The lowest BCUT2D eigenvalue weighted by Crippen LogP contribution is -2.28. The van der Waals surface area contributed by atoms with Gasteiger partial charge in [-0.3, -0.25) is 10.1 Å². The summed E-state index contributed by atoms with van der Waals surface area (Å²) in [5, 5.41) is 13.3. The van der Waals surface area contributed by atoms with Gasteiger partial charge in [0.25, 0.3) is 0 Å². The second-order valence-corrected chi connectivity index (χ2v) is 5.14. The van der Waals surface area contributed by atoms with Crippen LogP contribution in [-0.2, 0) is 10.0 Å². The highest BCUT2D eigenvalue weighted by molar-refractivity contribution is 7.88. The average Bonchev–Trinajstić information content (AvgIpc) is 2.22. The van der Waals surface area contributed by atoms with Crippen LogP contribution in [0.15, 0.2) is 6.33 Å². The van der Waals surface area contributed by atoms with Crippen molar-refractivity contribution in [1.29, 1.82) is 0 Å². The van der Waals surface area contributed by atoms with Crippen molar-refractivity contribution in [3.8, 4) is 0 Å². The van der Waals surface area contributed by atoms with Crippen molar-refractivity contribution in [2.75, 3.05) is 30.4 Å². The molecule has 0 aliphatic rings. The van der Waals surface area contributed by atoms with Crippen LogP contribution in [0.3, 0.4) is 0 Å². The molecule has 1 rings (SSSR count). The van der Waals surface area contributed by atoms with E-state index in [1.165, 1.54) is 0 Å². The smallest absolute Gasteiger partial charge is 0.352 e. The Hall–Kier alpha value is -2.01. The minimum atomic E-state index is -3.29. The maximum Gasteiger partial charge on any atom is 0.352 e. The van der Waals surface area contributed by atoms with Crippen molar-refractivity contribution in [2.24, 2.45) is 0 Å². The summed E-state index contributed by atoms with van der Waals surface area (Å²) < 4.78 is 23.8. The summed E-state index contributed by atoms with van der Waals surface area (Å²) in [4.78, 5) is 17.2. The largest absolute Gasteiger partial charge is 0.378 e. The highest BCUT2D eigenvalue weighted by Crippen LogP contribution is 2.25. The molecule has 0 fully saturated rings. The fourth-order valence-corrected chi connectivity index (χ4v) is 1.59. The highest BCUT2D eigenvalue weighted by Gasteiger charge is 2.20. The van der Waals surface area contributed by atoms with E-state index >= 15 is 0 Å². The lowest BCUT2D eigenvalue weighted by molar-refractivity contribution is -0.383. The molecule has 0 radical (unpaired) electrons. The maximum atomic E-state index is 10.8. The number of sulfonamides is 1. The molecule has 0 amide bonds. The third-order valence-electron chi connectivity index (χ3n) is 1.81. The van der Waals surface area contributed by atoms with E-state index < -0.39 is 20.6 Å². The van der Waals surface area contributed by atoms with Crippen molar-refractivity contribution in [3.05, 3.63) is 16.4 Å². The fourth-order valence-electron chi connectivity index (χ4n) is 1.12. The maximum absolute atomic E-state index is 10.8. The zero-order valence-electron chi connectivity index (χ0n) is 9.45. The van der Waals surface area contributed by atoms with Gasteiger partial charge in [-0.25, -0.2) is 23.1 Å². The number of anilines is 2. The first-order valence-corrected chi connectivity index (χ1v) is 6.64. The number of nitro groups is 1. The SMILES string of the molecule is CS(=O)(=O)NCCNc1ncnc(N)c1[N+](=O)[O-]. The van der Waals surface area contributed by atoms with Gasteiger partial charge in [-0.15, -0.1) is 0 Å². The number of nitrogens with one attached hydrogen (secondary N) is 2. The van der Waals surface area contributed by atoms with Gasteiger partial charge in [0.15, 0.2) is 0 Å². The Morgan fingerprint density at radius 1 is 1.44 bits per heavy atom. The zero-order valence-corrected chi connectivity index (χ0v) is 10.3. The van der Waals surface area contributed by atoms with Crippen LogP contribution < -0.4 is 15.8 Å². The van der Waals surface area contributed by atoms with Crippen LogP contribution in [0.2, 0.25) is 0 Å². The summed E-state index contributed by atoms with van der Waals surface area (Å²) in [5.74, 6) is -0.309. The Morgan fingerprint density at radius 3 is 2.67 bits per heavy atom. The Labute approximate surface area is 103 Å². The van der Waals surface area contributed by atoms with E-state index in [1.807, 2.05) is 0 Å². The van der Waals surface area contributed by atoms with Crippen LogP contribution in [-0.4, -0.2) is 42.7 Å². The number of nitrogens with zero attached hydrogens (tertiary/aromatic N) is 3. The predicted molar refractivity (Wildman–Crippen MR) is 64.4 cm³/mol. The van der Waals surface area contributed by atoms with Crippen LogP contribution >= 0.6 is 0 Å². The first kappa shape index (κ1) is 14.1. The van der Waals surface area contributed by atoms with E-state index in [4.69, 9.17) is 5.73 Å². The lowest BCUT2D eigenvalue weighted by atomic mass is 10.4. The van der Waals surface area contributed by atoms with Gasteiger partial charge in [-0.1, -0.05) is 0 Å². The Balaban J connectivity index is 2.68. The summed E-state index contributed by atoms with van der Waals surface area (Å²) in [5.41, 5.74) is 4.92. The van der Waals surface area contributed by atoms with Crippen molar-refractivity contribution in [3.63, 3.8) is 0 Å². The molecule has 0 aliphatic carbocycles. The number of nitrogens with two attached hydrogens (primary N) is 1. The number of hydrogen-bond acceptors (Lipinski definition) is 8. The number of aromatic nitrogens is 2. The number of rotatable bonds is 6. The quantitative estimate of drug-likeness (QED) is 0.337. The first-order valence-electron chi connectivity index (χ1n) is 4.74. The van der Waals surface area contributed by atoms with E-state index in [2.05, 4.69) is 20.0 Å². The molecule has 0 spiro atoms. The summed E-state index contributed by atoms with van der Waals surface area (Å²) in [6, 6.07) is 0. The van der Waals surface area contributed by atoms with Crippen LogP contribution in [0, 0.1) is 10.1 Å². The average molecular weight is 276 g/mol. The molecule has 1 aromatic rings. The van der Waals surface area contributed by atoms with Crippen molar-refractivity contribution in [2.45, 2.75) is 0 Å². The van der Waals surface area contributed by atoms with Crippen LogP contribution in [0.1, 0.15) is 0 Å². The normalized spacial score (nSPS) is 11.2. The van der Waals surface area contributed by atoms with Gasteiger partial charge in [0.05, 0.1) is 11.2 Å². The summed E-state index contributed by atoms with van der Waals surface area (Å²) in [6.45, 7) is 0.199. The molecular weight excluding hydrogens is 264 g/mol.